The summed E-state index contributed by atoms with van der Waals surface area (Å²) in [5, 5.41) is 7.35. The van der Waals surface area contributed by atoms with Gasteiger partial charge in [-0.15, -0.1) is 21.5 Å². The van der Waals surface area contributed by atoms with E-state index in [1.54, 1.807) is 13.0 Å². The first-order chi connectivity index (χ1) is 8.51. The first-order valence-electron chi connectivity index (χ1n) is 5.38. The van der Waals surface area contributed by atoms with Crippen LogP contribution in [0.15, 0.2) is 20.8 Å². The van der Waals surface area contributed by atoms with Crippen molar-refractivity contribution in [2.45, 2.75) is 31.0 Å². The highest BCUT2D eigenvalue weighted by Gasteiger charge is 2.17. The van der Waals surface area contributed by atoms with E-state index >= 15 is 0 Å². The molecule has 0 saturated carbocycles. The van der Waals surface area contributed by atoms with Crippen LogP contribution in [0.4, 0.5) is 0 Å². The summed E-state index contributed by atoms with van der Waals surface area (Å²) >= 11 is 1.26. The van der Waals surface area contributed by atoms with Crippen molar-refractivity contribution in [3.63, 3.8) is 0 Å². The molecule has 2 rings (SSSR count). The number of sulfonamides is 1. The molecule has 2 aromatic rings. The second-order valence-electron chi connectivity index (χ2n) is 3.61. The Hall–Kier alpha value is -1.25. The lowest BCUT2D eigenvalue weighted by Gasteiger charge is -2.01. The number of rotatable bonds is 5. The molecule has 18 heavy (non-hydrogen) atoms. The van der Waals surface area contributed by atoms with Crippen molar-refractivity contribution in [3.8, 4) is 0 Å². The molecular formula is C10H13N3O3S2. The van der Waals surface area contributed by atoms with Gasteiger partial charge >= 0.3 is 0 Å². The predicted molar refractivity (Wildman–Crippen MR) is 66.8 cm³/mol. The van der Waals surface area contributed by atoms with Crippen LogP contribution in [0.3, 0.4) is 0 Å². The van der Waals surface area contributed by atoms with Crippen LogP contribution in [-0.2, 0) is 23.0 Å². The number of nitrogens with one attached hydrogen (secondary N) is 1. The van der Waals surface area contributed by atoms with Gasteiger partial charge in [0.2, 0.25) is 11.8 Å². The fourth-order valence-corrected chi connectivity index (χ4v) is 3.64. The zero-order valence-corrected chi connectivity index (χ0v) is 11.6. The Kier molecular flexibility index (Phi) is 3.79. The average Bonchev–Trinajstić information content (AvgIpc) is 2.95. The maximum atomic E-state index is 12.0. The molecule has 0 aliphatic carbocycles. The summed E-state index contributed by atoms with van der Waals surface area (Å²) in [6, 6.07) is 3.42. The van der Waals surface area contributed by atoms with Crippen molar-refractivity contribution in [3.05, 3.63) is 28.8 Å². The third-order valence-corrected chi connectivity index (χ3v) is 5.35. The molecule has 0 unspecified atom stereocenters. The molecule has 1 N–H and O–H groups in total. The lowest BCUT2D eigenvalue weighted by molar-refractivity contribution is 0.460. The topological polar surface area (TPSA) is 85.1 Å². The zero-order chi connectivity index (χ0) is 13.2. The van der Waals surface area contributed by atoms with Crippen LogP contribution in [-0.4, -0.2) is 18.6 Å². The van der Waals surface area contributed by atoms with Crippen LogP contribution in [0.5, 0.6) is 0 Å². The Morgan fingerprint density at radius 2 is 2.17 bits per heavy atom. The van der Waals surface area contributed by atoms with E-state index in [0.29, 0.717) is 10.1 Å². The number of hydrogen-bond donors (Lipinski definition) is 1. The van der Waals surface area contributed by atoms with Crippen molar-refractivity contribution in [1.29, 1.82) is 0 Å². The van der Waals surface area contributed by atoms with E-state index in [9.17, 15) is 8.42 Å². The Morgan fingerprint density at radius 3 is 2.72 bits per heavy atom. The molecule has 0 atom stereocenters. The molecule has 0 amide bonds. The van der Waals surface area contributed by atoms with Gasteiger partial charge in [-0.05, 0) is 18.6 Å². The summed E-state index contributed by atoms with van der Waals surface area (Å²) in [7, 11) is -3.50. The monoisotopic (exact) mass is 287 g/mol. The van der Waals surface area contributed by atoms with Gasteiger partial charge in [-0.2, -0.15) is 0 Å². The second-order valence-corrected chi connectivity index (χ2v) is 6.78. The lowest BCUT2D eigenvalue weighted by Crippen LogP contribution is -2.22. The molecule has 0 saturated heterocycles. The molecule has 0 bridgehead atoms. The van der Waals surface area contributed by atoms with Crippen molar-refractivity contribution in [2.75, 3.05) is 0 Å². The van der Waals surface area contributed by atoms with Crippen LogP contribution in [0.25, 0.3) is 0 Å². The van der Waals surface area contributed by atoms with Gasteiger partial charge in [-0.1, -0.05) is 6.92 Å². The highest BCUT2D eigenvalue weighted by molar-refractivity contribution is 7.91. The fourth-order valence-electron chi connectivity index (χ4n) is 1.33. The summed E-state index contributed by atoms with van der Waals surface area (Å²) in [6.07, 6.45) is 0.822. The third kappa shape index (κ3) is 2.95. The largest absolute Gasteiger partial charge is 0.424 e. The van der Waals surface area contributed by atoms with E-state index in [4.69, 9.17) is 4.42 Å². The van der Waals surface area contributed by atoms with E-state index in [-0.39, 0.29) is 12.4 Å². The maximum Gasteiger partial charge on any atom is 0.250 e. The van der Waals surface area contributed by atoms with E-state index in [1.165, 1.54) is 11.3 Å². The standard InChI is InChI=1S/C10H13N3O3S2/c1-3-8-4-5-10(17-8)18(14,15)11-6-9-13-12-7(2)16-9/h4-5,11H,3,6H2,1-2H3. The summed E-state index contributed by atoms with van der Waals surface area (Å²) in [5.74, 6) is 0.664. The molecule has 2 aromatic heterocycles. The number of thiophene rings is 1. The van der Waals surface area contributed by atoms with Crippen LogP contribution in [0.1, 0.15) is 23.6 Å². The first-order valence-corrected chi connectivity index (χ1v) is 7.68. The van der Waals surface area contributed by atoms with Gasteiger partial charge in [0.05, 0.1) is 6.54 Å². The summed E-state index contributed by atoms with van der Waals surface area (Å²) in [6.45, 7) is 3.64. The van der Waals surface area contributed by atoms with Crippen LogP contribution in [0, 0.1) is 6.92 Å². The minimum Gasteiger partial charge on any atom is -0.424 e. The zero-order valence-electron chi connectivity index (χ0n) is 10.0. The van der Waals surface area contributed by atoms with Crippen molar-refractivity contribution in [1.82, 2.24) is 14.9 Å². The Labute approximate surface area is 109 Å². The van der Waals surface area contributed by atoms with E-state index in [2.05, 4.69) is 14.9 Å². The minimum absolute atomic E-state index is 0.00251. The highest BCUT2D eigenvalue weighted by atomic mass is 32.2. The fraction of sp³-hybridized carbons (Fsp3) is 0.400. The smallest absolute Gasteiger partial charge is 0.250 e. The Morgan fingerprint density at radius 1 is 1.39 bits per heavy atom. The number of nitrogens with zero attached hydrogens (tertiary/aromatic N) is 2. The summed E-state index contributed by atoms with van der Waals surface area (Å²) < 4.78 is 31.7. The number of aromatic nitrogens is 2. The average molecular weight is 287 g/mol. The molecule has 0 spiro atoms. The summed E-state index contributed by atoms with van der Waals surface area (Å²) in [5.41, 5.74) is 0. The summed E-state index contributed by atoms with van der Waals surface area (Å²) in [4.78, 5) is 1.03. The van der Waals surface area contributed by atoms with Crippen molar-refractivity contribution >= 4 is 21.4 Å². The van der Waals surface area contributed by atoms with Gasteiger partial charge in [-0.3, -0.25) is 0 Å². The van der Waals surface area contributed by atoms with Crippen LogP contribution < -0.4 is 4.72 Å². The van der Waals surface area contributed by atoms with Gasteiger partial charge in [0.25, 0.3) is 10.0 Å². The third-order valence-electron chi connectivity index (χ3n) is 2.23. The minimum atomic E-state index is -3.50. The van der Waals surface area contributed by atoms with Crippen molar-refractivity contribution < 1.29 is 12.8 Å². The molecule has 0 aliphatic heterocycles. The SMILES string of the molecule is CCc1ccc(S(=O)(=O)NCc2nnc(C)o2)s1. The molecular weight excluding hydrogens is 274 g/mol. The van der Waals surface area contributed by atoms with Gasteiger partial charge in [-0.25, -0.2) is 13.1 Å². The molecule has 0 fully saturated rings. The van der Waals surface area contributed by atoms with E-state index in [0.717, 1.165) is 11.3 Å². The molecule has 0 aromatic carbocycles. The van der Waals surface area contributed by atoms with Gasteiger partial charge in [0, 0.05) is 11.8 Å². The molecule has 0 radical (unpaired) electrons. The molecule has 8 heteroatoms. The van der Waals surface area contributed by atoms with Gasteiger partial charge in [0.1, 0.15) is 4.21 Å². The maximum absolute atomic E-state index is 12.0. The first kappa shape index (κ1) is 13.2. The van der Waals surface area contributed by atoms with Crippen molar-refractivity contribution in [2.24, 2.45) is 0 Å². The molecule has 0 aliphatic rings. The molecule has 6 nitrogen and oxygen atoms in total. The molecule has 98 valence electrons. The quantitative estimate of drug-likeness (QED) is 0.900. The highest BCUT2D eigenvalue weighted by Crippen LogP contribution is 2.21. The van der Waals surface area contributed by atoms with Gasteiger partial charge in [0.15, 0.2) is 0 Å². The van der Waals surface area contributed by atoms with Crippen LogP contribution >= 0.6 is 11.3 Å². The normalized spacial score (nSPS) is 11.9. The lowest BCUT2D eigenvalue weighted by atomic mass is 10.4. The van der Waals surface area contributed by atoms with E-state index in [1.807, 2.05) is 13.0 Å². The van der Waals surface area contributed by atoms with Gasteiger partial charge < -0.3 is 4.42 Å². The van der Waals surface area contributed by atoms with Crippen LogP contribution in [0.2, 0.25) is 0 Å². The molecule has 2 heterocycles. The Balaban J connectivity index is 2.07. The predicted octanol–water partition coefficient (Wildman–Crippen LogP) is 1.48. The number of aryl methyl sites for hydroxylation is 2. The second kappa shape index (κ2) is 5.17. The Bertz CT molecular complexity index is 630. The number of hydrogen-bond acceptors (Lipinski definition) is 6. The van der Waals surface area contributed by atoms with E-state index < -0.39 is 10.0 Å².